The smallest absolute Gasteiger partial charge is 0.118 e. The zero-order chi connectivity index (χ0) is 51.4. The Morgan fingerprint density at radius 2 is 0.630 bits per heavy atom. The molecule has 0 saturated heterocycles. The summed E-state index contributed by atoms with van der Waals surface area (Å²) in [5, 5.41) is 0. The number of nitrogens with zero attached hydrogens (tertiary/aromatic N) is 4. The third-order valence-corrected chi connectivity index (χ3v) is 15.0. The number of benzene rings is 5. The number of halogens is 1. The first kappa shape index (κ1) is 48.1. The summed E-state index contributed by atoms with van der Waals surface area (Å²) in [6.45, 7) is 27.1. The molecule has 6 heterocycles. The minimum absolute atomic E-state index is 0.00521. The Morgan fingerprint density at radius 1 is 0.315 bits per heavy atom. The third-order valence-electron chi connectivity index (χ3n) is 14.5. The molecule has 0 amide bonds. The highest BCUT2D eigenvalue weighted by Crippen LogP contribution is 2.47. The van der Waals surface area contributed by atoms with Gasteiger partial charge in [0.05, 0.1) is 22.4 Å². The average Bonchev–Trinajstić information content (AvgIpc) is 4.18. The van der Waals surface area contributed by atoms with E-state index >= 15 is 0 Å². The van der Waals surface area contributed by atoms with Gasteiger partial charge >= 0.3 is 0 Å². The lowest BCUT2D eigenvalue weighted by Gasteiger charge is -2.19. The molecular weight excluding hydrogens is 957 g/mol. The molecule has 0 saturated carbocycles. The van der Waals surface area contributed by atoms with Crippen LogP contribution in [0.5, 0.6) is 0 Å². The lowest BCUT2D eigenvalue weighted by molar-refractivity contribution is 0.590. The Bertz CT molecular complexity index is 3840. The van der Waals surface area contributed by atoms with Gasteiger partial charge in [0.15, 0.2) is 0 Å². The van der Waals surface area contributed by atoms with Gasteiger partial charge in [0, 0.05) is 48.8 Å². The molecule has 0 spiro atoms. The molecule has 7 heteroatoms. The normalized spacial score (nSPS) is 12.9. The van der Waals surface area contributed by atoms with Crippen LogP contribution in [-0.4, -0.2) is 29.9 Å². The molecule has 0 aliphatic carbocycles. The number of aromatic amines is 2. The number of H-pyrrole nitrogens is 2. The predicted molar refractivity (Wildman–Crippen MR) is 312 cm³/mol. The van der Waals surface area contributed by atoms with Gasteiger partial charge in [-0.1, -0.05) is 196 Å². The molecule has 4 aromatic heterocycles. The average molecular weight is 1020 g/mol. The van der Waals surface area contributed by atoms with Gasteiger partial charge in [-0.15, -0.1) is 0 Å². The number of hydrogen-bond acceptors (Lipinski definition) is 4. The van der Waals surface area contributed by atoms with Crippen LogP contribution in [-0.2, 0) is 21.7 Å². The second-order valence-corrected chi connectivity index (χ2v) is 24.9. The van der Waals surface area contributed by atoms with E-state index in [4.69, 9.17) is 19.9 Å². The van der Waals surface area contributed by atoms with E-state index in [0.717, 1.165) is 116 Å². The number of rotatable bonds is 4. The topological polar surface area (TPSA) is 83.1 Å². The van der Waals surface area contributed by atoms with Crippen LogP contribution in [0.3, 0.4) is 0 Å². The largest absolute Gasteiger partial charge is 0.354 e. The molecule has 6 nitrogen and oxygen atoms in total. The summed E-state index contributed by atoms with van der Waals surface area (Å²) in [4.78, 5) is 30.5. The van der Waals surface area contributed by atoms with Gasteiger partial charge in [0.2, 0.25) is 0 Å². The summed E-state index contributed by atoms with van der Waals surface area (Å²) in [5.74, 6) is 0. The van der Waals surface area contributed by atoms with Gasteiger partial charge in [0.25, 0.3) is 0 Å². The van der Waals surface area contributed by atoms with Crippen LogP contribution >= 0.6 is 15.9 Å². The standard InChI is InChI=1S/C66H63BrN6/c1-63(2,3)42-21-13-38(14-22-42)55-48-31-32-49(68-48)56(39-15-23-43(24-16-39)64(4,5)6)51-34-36-53(70-51)58(41-19-27-45(28-20-41)66(10,11)12)60-62-61(71-47-30-29-46(67)37-54(47)72-62)59(73-60)57(52-35-33-50(55)69-52)40-17-25-44(26-18-40)65(7,8)9/h13-37,69-70H,1-12H3. The molecule has 364 valence electrons. The Kier molecular flexibility index (Phi) is 11.5. The van der Waals surface area contributed by atoms with Crippen molar-refractivity contribution < 1.29 is 0 Å². The summed E-state index contributed by atoms with van der Waals surface area (Å²) in [6.07, 6.45) is 4.35. The Hall–Kier alpha value is -7.22. The fourth-order valence-corrected chi connectivity index (χ4v) is 10.6. The van der Waals surface area contributed by atoms with E-state index in [9.17, 15) is 0 Å². The highest BCUT2D eigenvalue weighted by Gasteiger charge is 2.30. The summed E-state index contributed by atoms with van der Waals surface area (Å²) in [5.41, 5.74) is 23.0. The van der Waals surface area contributed by atoms with Gasteiger partial charge < -0.3 is 9.97 Å². The molecular formula is C66H63BrN6. The van der Waals surface area contributed by atoms with E-state index in [1.165, 1.54) is 22.3 Å². The van der Waals surface area contributed by atoms with Gasteiger partial charge in [-0.3, -0.25) is 0 Å². The van der Waals surface area contributed by atoms with E-state index in [-0.39, 0.29) is 21.7 Å². The first-order chi connectivity index (χ1) is 34.6. The third kappa shape index (κ3) is 8.96. The molecule has 2 aliphatic rings. The molecule has 0 unspecified atom stereocenters. The Morgan fingerprint density at radius 3 is 0.973 bits per heavy atom. The first-order valence-electron chi connectivity index (χ1n) is 25.5. The number of aromatic nitrogens is 6. The Balaban J connectivity index is 1.34. The van der Waals surface area contributed by atoms with Crippen LogP contribution < -0.4 is 0 Å². The fraction of sp³-hybridized carbons (Fsp3) is 0.242. The van der Waals surface area contributed by atoms with Crippen molar-refractivity contribution >= 4 is 61.2 Å². The molecule has 73 heavy (non-hydrogen) atoms. The van der Waals surface area contributed by atoms with Crippen LogP contribution in [0.15, 0.2) is 144 Å². The number of fused-ring (bicyclic) bond motifs is 12. The second kappa shape index (κ2) is 17.5. The molecule has 9 aromatic rings. The van der Waals surface area contributed by atoms with Crippen LogP contribution in [0.25, 0.3) is 113 Å². The van der Waals surface area contributed by atoms with E-state index < -0.39 is 0 Å². The zero-order valence-electron chi connectivity index (χ0n) is 44.1. The van der Waals surface area contributed by atoms with Gasteiger partial charge in [-0.25, -0.2) is 19.9 Å². The molecule has 0 radical (unpaired) electrons. The van der Waals surface area contributed by atoms with Crippen molar-refractivity contribution in [3.63, 3.8) is 0 Å². The maximum absolute atomic E-state index is 5.84. The molecule has 2 aliphatic heterocycles. The van der Waals surface area contributed by atoms with Crippen molar-refractivity contribution in [3.05, 3.63) is 178 Å². The van der Waals surface area contributed by atoms with Crippen LogP contribution in [0.4, 0.5) is 0 Å². The minimum Gasteiger partial charge on any atom is -0.354 e. The fourth-order valence-electron chi connectivity index (χ4n) is 10.2. The van der Waals surface area contributed by atoms with Crippen molar-refractivity contribution in [2.45, 2.75) is 105 Å². The lowest BCUT2D eigenvalue weighted by atomic mass is 9.86. The molecule has 0 fully saturated rings. The summed E-state index contributed by atoms with van der Waals surface area (Å²) in [6, 6.07) is 50.8. The van der Waals surface area contributed by atoms with Crippen molar-refractivity contribution in [2.24, 2.45) is 0 Å². The summed E-state index contributed by atoms with van der Waals surface area (Å²) < 4.78 is 0.935. The summed E-state index contributed by atoms with van der Waals surface area (Å²) >= 11 is 3.74. The van der Waals surface area contributed by atoms with Crippen molar-refractivity contribution in [1.82, 2.24) is 29.9 Å². The monoisotopic (exact) mass is 1020 g/mol. The Labute approximate surface area is 438 Å². The lowest BCUT2D eigenvalue weighted by Crippen LogP contribution is -2.10. The minimum atomic E-state index is -0.0360. The van der Waals surface area contributed by atoms with Crippen molar-refractivity contribution in [1.29, 1.82) is 0 Å². The SMILES string of the molecule is CC(C)(C)c1ccc(-c2c3nc(c(-c4ccc(C(C)(C)C)cc4)c4ccc([nH]4)c(-c4ccc(C(C)(C)C)cc4)c4nc(c(-c5ccc(C(C)(C)C)cc5)c5ccc2[nH]5)-c2nc5ccc(Br)cc5nc2-4)C=C3)cc1. The zero-order valence-corrected chi connectivity index (χ0v) is 45.7. The van der Waals surface area contributed by atoms with Crippen LogP contribution in [0, 0.1) is 0 Å². The molecule has 8 bridgehead atoms. The second-order valence-electron chi connectivity index (χ2n) is 24.0. The van der Waals surface area contributed by atoms with Gasteiger partial charge in [-0.2, -0.15) is 0 Å². The highest BCUT2D eigenvalue weighted by molar-refractivity contribution is 9.10. The van der Waals surface area contributed by atoms with Gasteiger partial charge in [0.1, 0.15) is 22.8 Å². The van der Waals surface area contributed by atoms with Gasteiger partial charge in [-0.05, 0) is 121 Å². The number of nitrogens with one attached hydrogen (secondary N) is 2. The van der Waals surface area contributed by atoms with Crippen LogP contribution in [0.1, 0.15) is 117 Å². The number of hydrogen-bond donors (Lipinski definition) is 2. The van der Waals surface area contributed by atoms with E-state index in [2.05, 4.69) is 242 Å². The summed E-state index contributed by atoms with van der Waals surface area (Å²) in [7, 11) is 0. The predicted octanol–water partition coefficient (Wildman–Crippen LogP) is 18.4. The van der Waals surface area contributed by atoms with Crippen molar-refractivity contribution in [3.8, 4) is 67.3 Å². The molecule has 0 atom stereocenters. The molecule has 2 N–H and O–H groups in total. The maximum Gasteiger partial charge on any atom is 0.118 e. The van der Waals surface area contributed by atoms with E-state index in [1.807, 2.05) is 18.2 Å². The quantitative estimate of drug-likeness (QED) is 0.184. The highest BCUT2D eigenvalue weighted by atomic mass is 79.9. The molecule has 11 rings (SSSR count). The van der Waals surface area contributed by atoms with Crippen molar-refractivity contribution in [2.75, 3.05) is 0 Å². The molecule has 5 aromatic carbocycles. The van der Waals surface area contributed by atoms with Crippen LogP contribution in [0.2, 0.25) is 0 Å². The van der Waals surface area contributed by atoms with E-state index in [1.54, 1.807) is 0 Å². The maximum atomic E-state index is 5.84. The first-order valence-corrected chi connectivity index (χ1v) is 26.3. The van der Waals surface area contributed by atoms with E-state index in [0.29, 0.717) is 0 Å².